The van der Waals surface area contributed by atoms with Crippen LogP contribution < -0.4 is 10.1 Å². The van der Waals surface area contributed by atoms with Gasteiger partial charge >= 0.3 is 0 Å². The Hall–Kier alpha value is -0.190. The number of ether oxygens (including phenoxy) is 1. The van der Waals surface area contributed by atoms with E-state index in [0.717, 1.165) is 38.5 Å². The molecule has 1 aromatic rings. The SMILES string of the molecule is CCOc1ccc(CNCCCN(CC)CC)cc1Cl.Cl.Cl. The van der Waals surface area contributed by atoms with E-state index in [9.17, 15) is 0 Å². The maximum atomic E-state index is 6.17. The summed E-state index contributed by atoms with van der Waals surface area (Å²) in [6.07, 6.45) is 1.17. The number of halogens is 3. The Labute approximate surface area is 152 Å². The second-order valence-electron chi connectivity index (χ2n) is 4.75. The molecule has 1 aromatic carbocycles. The number of hydrogen-bond donors (Lipinski definition) is 1. The van der Waals surface area contributed by atoms with Gasteiger partial charge in [-0.2, -0.15) is 0 Å². The Balaban J connectivity index is 0. The standard InChI is InChI=1S/C16H27ClN2O.2ClH/c1-4-19(5-2)11-7-10-18-13-14-8-9-16(20-6-3)15(17)12-14;;/h8-9,12,18H,4-7,10-11,13H2,1-3H3;2*1H. The normalized spacial score (nSPS) is 10.0. The molecule has 0 aliphatic rings. The van der Waals surface area contributed by atoms with E-state index in [2.05, 4.69) is 30.1 Å². The van der Waals surface area contributed by atoms with E-state index in [1.807, 2.05) is 19.1 Å². The monoisotopic (exact) mass is 370 g/mol. The minimum atomic E-state index is 0. The van der Waals surface area contributed by atoms with E-state index in [4.69, 9.17) is 16.3 Å². The van der Waals surface area contributed by atoms with Gasteiger partial charge in [-0.05, 0) is 57.2 Å². The highest BCUT2D eigenvalue weighted by Gasteiger charge is 2.02. The lowest BCUT2D eigenvalue weighted by Crippen LogP contribution is -2.27. The molecule has 0 atom stereocenters. The van der Waals surface area contributed by atoms with Crippen molar-refractivity contribution >= 4 is 36.4 Å². The first-order valence-corrected chi connectivity index (χ1v) is 7.93. The Kier molecular flexibility index (Phi) is 15.8. The first kappa shape index (κ1) is 24.1. The van der Waals surface area contributed by atoms with Gasteiger partial charge in [0.05, 0.1) is 11.6 Å². The zero-order valence-electron chi connectivity index (χ0n) is 13.7. The maximum Gasteiger partial charge on any atom is 0.137 e. The predicted octanol–water partition coefficient (Wildman–Crippen LogP) is 4.40. The molecule has 6 heteroatoms. The molecule has 22 heavy (non-hydrogen) atoms. The highest BCUT2D eigenvalue weighted by molar-refractivity contribution is 6.32. The van der Waals surface area contributed by atoms with E-state index in [0.29, 0.717) is 11.6 Å². The van der Waals surface area contributed by atoms with Gasteiger partial charge in [0, 0.05) is 6.54 Å². The van der Waals surface area contributed by atoms with Gasteiger partial charge in [-0.1, -0.05) is 31.5 Å². The second kappa shape index (κ2) is 14.4. The average Bonchev–Trinajstić information content (AvgIpc) is 2.46. The fraction of sp³-hybridized carbons (Fsp3) is 0.625. The Morgan fingerprint density at radius 2 is 1.82 bits per heavy atom. The molecular formula is C16H29Cl3N2O. The Bertz CT molecular complexity index is 388. The van der Waals surface area contributed by atoms with Crippen molar-refractivity contribution in [2.45, 2.75) is 33.7 Å². The molecule has 0 aliphatic heterocycles. The average molecular weight is 372 g/mol. The largest absolute Gasteiger partial charge is 0.492 e. The van der Waals surface area contributed by atoms with Crippen molar-refractivity contribution in [3.8, 4) is 5.75 Å². The third kappa shape index (κ3) is 9.06. The zero-order chi connectivity index (χ0) is 14.8. The third-order valence-corrected chi connectivity index (χ3v) is 3.64. The van der Waals surface area contributed by atoms with E-state index in [-0.39, 0.29) is 24.8 Å². The molecule has 0 aliphatic carbocycles. The van der Waals surface area contributed by atoms with Crippen LogP contribution in [-0.4, -0.2) is 37.7 Å². The lowest BCUT2D eigenvalue weighted by molar-refractivity contribution is 0.298. The number of rotatable bonds is 10. The molecule has 0 fully saturated rings. The minimum Gasteiger partial charge on any atom is -0.492 e. The Morgan fingerprint density at radius 3 is 2.36 bits per heavy atom. The lowest BCUT2D eigenvalue weighted by Gasteiger charge is -2.17. The lowest BCUT2D eigenvalue weighted by atomic mass is 10.2. The van der Waals surface area contributed by atoms with Crippen molar-refractivity contribution in [2.24, 2.45) is 0 Å². The van der Waals surface area contributed by atoms with Crippen molar-refractivity contribution in [1.82, 2.24) is 10.2 Å². The van der Waals surface area contributed by atoms with Crippen molar-refractivity contribution in [3.05, 3.63) is 28.8 Å². The van der Waals surface area contributed by atoms with Crippen LogP contribution in [0.15, 0.2) is 18.2 Å². The smallest absolute Gasteiger partial charge is 0.137 e. The summed E-state index contributed by atoms with van der Waals surface area (Å²) < 4.78 is 5.43. The fourth-order valence-corrected chi connectivity index (χ4v) is 2.38. The first-order valence-electron chi connectivity index (χ1n) is 7.55. The molecule has 0 unspecified atom stereocenters. The molecular weight excluding hydrogens is 343 g/mol. The molecule has 130 valence electrons. The third-order valence-electron chi connectivity index (χ3n) is 3.35. The summed E-state index contributed by atoms with van der Waals surface area (Å²) >= 11 is 6.17. The van der Waals surface area contributed by atoms with Gasteiger partial charge in [-0.3, -0.25) is 0 Å². The van der Waals surface area contributed by atoms with Crippen molar-refractivity contribution in [2.75, 3.05) is 32.8 Å². The fourth-order valence-electron chi connectivity index (χ4n) is 2.13. The van der Waals surface area contributed by atoms with Gasteiger partial charge in [-0.15, -0.1) is 24.8 Å². The van der Waals surface area contributed by atoms with Crippen LogP contribution in [0.4, 0.5) is 0 Å². The quantitative estimate of drug-likeness (QED) is 0.617. The zero-order valence-corrected chi connectivity index (χ0v) is 16.1. The number of nitrogens with one attached hydrogen (secondary N) is 1. The molecule has 0 saturated heterocycles. The predicted molar refractivity (Wildman–Crippen MR) is 101 cm³/mol. The molecule has 1 rings (SSSR count). The van der Waals surface area contributed by atoms with Crippen LogP contribution in [0.25, 0.3) is 0 Å². The van der Waals surface area contributed by atoms with Crippen molar-refractivity contribution in [3.63, 3.8) is 0 Å². The van der Waals surface area contributed by atoms with Gasteiger partial charge < -0.3 is 15.0 Å². The topological polar surface area (TPSA) is 24.5 Å². The highest BCUT2D eigenvalue weighted by Crippen LogP contribution is 2.25. The van der Waals surface area contributed by atoms with E-state index in [1.54, 1.807) is 0 Å². The van der Waals surface area contributed by atoms with Crippen LogP contribution in [0.1, 0.15) is 32.8 Å². The van der Waals surface area contributed by atoms with Gasteiger partial charge in [-0.25, -0.2) is 0 Å². The maximum absolute atomic E-state index is 6.17. The van der Waals surface area contributed by atoms with Gasteiger partial charge in [0.25, 0.3) is 0 Å². The van der Waals surface area contributed by atoms with Crippen LogP contribution >= 0.6 is 36.4 Å². The van der Waals surface area contributed by atoms with Crippen LogP contribution in [-0.2, 0) is 6.54 Å². The Morgan fingerprint density at radius 1 is 1.14 bits per heavy atom. The minimum absolute atomic E-state index is 0. The van der Waals surface area contributed by atoms with Gasteiger partial charge in [0.2, 0.25) is 0 Å². The summed E-state index contributed by atoms with van der Waals surface area (Å²) in [5.74, 6) is 0.763. The summed E-state index contributed by atoms with van der Waals surface area (Å²) in [6, 6.07) is 5.98. The first-order chi connectivity index (χ1) is 9.71. The van der Waals surface area contributed by atoms with E-state index in [1.165, 1.54) is 12.0 Å². The molecule has 0 amide bonds. The van der Waals surface area contributed by atoms with Crippen LogP contribution in [0.2, 0.25) is 5.02 Å². The second-order valence-corrected chi connectivity index (χ2v) is 5.16. The van der Waals surface area contributed by atoms with Crippen molar-refractivity contribution in [1.29, 1.82) is 0 Å². The molecule has 3 nitrogen and oxygen atoms in total. The van der Waals surface area contributed by atoms with Crippen LogP contribution in [0.3, 0.4) is 0 Å². The number of benzene rings is 1. The van der Waals surface area contributed by atoms with Crippen LogP contribution in [0, 0.1) is 0 Å². The van der Waals surface area contributed by atoms with Gasteiger partial charge in [0.15, 0.2) is 0 Å². The van der Waals surface area contributed by atoms with Crippen molar-refractivity contribution < 1.29 is 4.74 Å². The molecule has 0 bridgehead atoms. The van der Waals surface area contributed by atoms with E-state index >= 15 is 0 Å². The summed E-state index contributed by atoms with van der Waals surface area (Å²) in [4.78, 5) is 2.44. The molecule has 0 aromatic heterocycles. The number of hydrogen-bond acceptors (Lipinski definition) is 3. The highest BCUT2D eigenvalue weighted by atomic mass is 35.5. The molecule has 0 spiro atoms. The number of nitrogens with zero attached hydrogens (tertiary/aromatic N) is 1. The molecule has 1 N–H and O–H groups in total. The summed E-state index contributed by atoms with van der Waals surface area (Å²) in [7, 11) is 0. The molecule has 0 heterocycles. The van der Waals surface area contributed by atoms with Crippen LogP contribution in [0.5, 0.6) is 5.75 Å². The summed E-state index contributed by atoms with van der Waals surface area (Å²) in [6.45, 7) is 12.3. The van der Waals surface area contributed by atoms with E-state index < -0.39 is 0 Å². The molecule has 0 saturated carbocycles. The van der Waals surface area contributed by atoms with Gasteiger partial charge in [0.1, 0.15) is 5.75 Å². The summed E-state index contributed by atoms with van der Waals surface area (Å²) in [5, 5.41) is 4.15. The summed E-state index contributed by atoms with van der Waals surface area (Å²) in [5.41, 5.74) is 1.20. The molecule has 0 radical (unpaired) electrons.